The second-order valence-electron chi connectivity index (χ2n) is 4.19. The first kappa shape index (κ1) is 14.9. The molecule has 0 unspecified atom stereocenters. The molecular formula is C13H9N3O6. The Morgan fingerprint density at radius 1 is 1.09 bits per heavy atom. The Morgan fingerprint density at radius 3 is 2.09 bits per heavy atom. The number of hydrogen-bond donors (Lipinski definition) is 3. The molecule has 0 fully saturated rings. The highest BCUT2D eigenvalue weighted by atomic mass is 16.6. The van der Waals surface area contributed by atoms with Crippen LogP contribution >= 0.6 is 0 Å². The maximum Gasteiger partial charge on any atom is 0.335 e. The van der Waals surface area contributed by atoms with Gasteiger partial charge in [-0.25, -0.2) is 14.6 Å². The minimum absolute atomic E-state index is 0.193. The van der Waals surface area contributed by atoms with E-state index in [0.717, 1.165) is 12.3 Å². The number of anilines is 2. The van der Waals surface area contributed by atoms with E-state index in [1.165, 1.54) is 24.3 Å². The molecule has 0 radical (unpaired) electrons. The summed E-state index contributed by atoms with van der Waals surface area (Å²) in [5.41, 5.74) is -0.414. The van der Waals surface area contributed by atoms with Crippen molar-refractivity contribution in [2.75, 3.05) is 5.32 Å². The fourth-order valence-electron chi connectivity index (χ4n) is 1.66. The molecule has 9 heteroatoms. The summed E-state index contributed by atoms with van der Waals surface area (Å²) in [6.45, 7) is 0. The van der Waals surface area contributed by atoms with E-state index in [4.69, 9.17) is 10.2 Å². The predicted octanol–water partition coefficient (Wildman–Crippen LogP) is 2.13. The van der Waals surface area contributed by atoms with E-state index in [1.807, 2.05) is 0 Å². The van der Waals surface area contributed by atoms with Crippen LogP contribution in [0.25, 0.3) is 0 Å². The van der Waals surface area contributed by atoms with Crippen LogP contribution in [0.5, 0.6) is 0 Å². The van der Waals surface area contributed by atoms with Crippen LogP contribution in [0.2, 0.25) is 0 Å². The third-order valence-electron chi connectivity index (χ3n) is 2.66. The number of carboxylic acids is 2. The van der Waals surface area contributed by atoms with Gasteiger partial charge in [-0.15, -0.1) is 0 Å². The molecule has 22 heavy (non-hydrogen) atoms. The second-order valence-corrected chi connectivity index (χ2v) is 4.19. The van der Waals surface area contributed by atoms with E-state index in [1.54, 1.807) is 0 Å². The van der Waals surface area contributed by atoms with Gasteiger partial charge in [0.25, 0.3) is 5.69 Å². The molecule has 0 saturated carbocycles. The number of nitrogens with zero attached hydrogens (tertiary/aromatic N) is 2. The molecule has 0 bridgehead atoms. The van der Waals surface area contributed by atoms with Crippen LogP contribution in [0.3, 0.4) is 0 Å². The van der Waals surface area contributed by atoms with E-state index in [-0.39, 0.29) is 28.3 Å². The summed E-state index contributed by atoms with van der Waals surface area (Å²) in [4.78, 5) is 35.7. The quantitative estimate of drug-likeness (QED) is 0.563. The zero-order chi connectivity index (χ0) is 16.3. The average molecular weight is 303 g/mol. The van der Waals surface area contributed by atoms with E-state index in [9.17, 15) is 19.7 Å². The molecule has 0 aliphatic carbocycles. The van der Waals surface area contributed by atoms with Gasteiger partial charge in [0.1, 0.15) is 12.0 Å². The molecule has 2 rings (SSSR count). The number of aromatic carboxylic acids is 2. The molecule has 0 atom stereocenters. The Balaban J connectivity index is 2.33. The number of hydrogen-bond acceptors (Lipinski definition) is 6. The molecule has 0 aliphatic heterocycles. The number of carboxylic acid groups (broad SMARTS) is 2. The van der Waals surface area contributed by atoms with E-state index in [2.05, 4.69) is 10.3 Å². The number of carbonyl (C=O) groups is 2. The van der Waals surface area contributed by atoms with Crippen molar-refractivity contribution in [1.82, 2.24) is 4.98 Å². The zero-order valence-corrected chi connectivity index (χ0v) is 10.9. The summed E-state index contributed by atoms with van der Waals surface area (Å²) in [6, 6.07) is 6.04. The van der Waals surface area contributed by atoms with Gasteiger partial charge < -0.3 is 15.5 Å². The molecule has 2 aromatic rings. The van der Waals surface area contributed by atoms with Gasteiger partial charge >= 0.3 is 11.9 Å². The Bertz CT molecular complexity index is 725. The van der Waals surface area contributed by atoms with Crippen molar-refractivity contribution in [3.63, 3.8) is 0 Å². The number of benzene rings is 1. The Morgan fingerprint density at radius 2 is 1.68 bits per heavy atom. The summed E-state index contributed by atoms with van der Waals surface area (Å²) in [5, 5.41) is 31.2. The SMILES string of the molecule is O=C(O)c1cc(Nc2ccc([N+](=O)[O-])cn2)cc(C(=O)O)c1. The van der Waals surface area contributed by atoms with Gasteiger partial charge in [0.2, 0.25) is 0 Å². The standard InChI is InChI=1S/C13H9N3O6/c17-12(18)7-3-8(13(19)20)5-9(4-7)15-11-2-1-10(6-14-11)16(21)22/h1-6H,(H,14,15)(H,17,18)(H,19,20). The van der Waals surface area contributed by atoms with Crippen LogP contribution in [0.15, 0.2) is 36.5 Å². The summed E-state index contributed by atoms with van der Waals surface area (Å²) in [6.07, 6.45) is 1.03. The Labute approximate surface area is 123 Å². The lowest BCUT2D eigenvalue weighted by atomic mass is 10.1. The van der Waals surface area contributed by atoms with Gasteiger partial charge in [-0.2, -0.15) is 0 Å². The molecule has 0 spiro atoms. The van der Waals surface area contributed by atoms with Crippen LogP contribution < -0.4 is 5.32 Å². The highest BCUT2D eigenvalue weighted by molar-refractivity contribution is 5.95. The first-order valence-electron chi connectivity index (χ1n) is 5.86. The maximum absolute atomic E-state index is 11.0. The lowest BCUT2D eigenvalue weighted by molar-refractivity contribution is -0.385. The topological polar surface area (TPSA) is 143 Å². The van der Waals surface area contributed by atoms with Gasteiger partial charge in [-0.3, -0.25) is 10.1 Å². The molecule has 1 heterocycles. The normalized spacial score (nSPS) is 10.0. The highest BCUT2D eigenvalue weighted by Gasteiger charge is 2.12. The van der Waals surface area contributed by atoms with Crippen LogP contribution in [-0.2, 0) is 0 Å². The Kier molecular flexibility index (Phi) is 3.98. The largest absolute Gasteiger partial charge is 0.478 e. The van der Waals surface area contributed by atoms with Gasteiger partial charge in [0.05, 0.1) is 16.1 Å². The third-order valence-corrected chi connectivity index (χ3v) is 2.66. The minimum Gasteiger partial charge on any atom is -0.478 e. The molecule has 112 valence electrons. The summed E-state index contributed by atoms with van der Waals surface area (Å²) < 4.78 is 0. The fourth-order valence-corrected chi connectivity index (χ4v) is 1.66. The van der Waals surface area contributed by atoms with Crippen LogP contribution in [0.1, 0.15) is 20.7 Å². The molecule has 3 N–H and O–H groups in total. The number of rotatable bonds is 5. The second kappa shape index (κ2) is 5.87. The van der Waals surface area contributed by atoms with E-state index < -0.39 is 16.9 Å². The van der Waals surface area contributed by atoms with Crippen molar-refractivity contribution in [1.29, 1.82) is 0 Å². The fraction of sp³-hybridized carbons (Fsp3) is 0. The number of pyridine rings is 1. The van der Waals surface area contributed by atoms with Crippen LogP contribution in [-0.4, -0.2) is 32.1 Å². The van der Waals surface area contributed by atoms with E-state index >= 15 is 0 Å². The van der Waals surface area contributed by atoms with Gasteiger partial charge in [-0.1, -0.05) is 0 Å². The predicted molar refractivity (Wildman–Crippen MR) is 74.5 cm³/mol. The summed E-state index contributed by atoms with van der Waals surface area (Å²) in [5.74, 6) is -2.34. The lowest BCUT2D eigenvalue weighted by Crippen LogP contribution is -2.04. The van der Waals surface area contributed by atoms with Crippen molar-refractivity contribution < 1.29 is 24.7 Å². The third kappa shape index (κ3) is 3.33. The summed E-state index contributed by atoms with van der Waals surface area (Å²) in [7, 11) is 0. The number of aromatic nitrogens is 1. The monoisotopic (exact) mass is 303 g/mol. The van der Waals surface area contributed by atoms with Crippen LogP contribution in [0.4, 0.5) is 17.2 Å². The van der Waals surface area contributed by atoms with Gasteiger partial charge in [-0.05, 0) is 24.3 Å². The van der Waals surface area contributed by atoms with Crippen molar-refractivity contribution >= 4 is 29.1 Å². The molecule has 0 aliphatic rings. The number of nitrogens with one attached hydrogen (secondary N) is 1. The number of nitro groups is 1. The highest BCUT2D eigenvalue weighted by Crippen LogP contribution is 2.20. The van der Waals surface area contributed by atoms with Gasteiger partial charge in [0.15, 0.2) is 0 Å². The van der Waals surface area contributed by atoms with Crippen molar-refractivity contribution in [3.8, 4) is 0 Å². The smallest absolute Gasteiger partial charge is 0.335 e. The summed E-state index contributed by atoms with van der Waals surface area (Å²) >= 11 is 0. The lowest BCUT2D eigenvalue weighted by Gasteiger charge is -2.08. The van der Waals surface area contributed by atoms with Gasteiger partial charge in [0, 0.05) is 11.8 Å². The average Bonchev–Trinajstić information content (AvgIpc) is 2.47. The van der Waals surface area contributed by atoms with Crippen molar-refractivity contribution in [2.24, 2.45) is 0 Å². The van der Waals surface area contributed by atoms with Crippen molar-refractivity contribution in [2.45, 2.75) is 0 Å². The van der Waals surface area contributed by atoms with Crippen LogP contribution in [0, 0.1) is 10.1 Å². The Hall–Kier alpha value is -3.49. The maximum atomic E-state index is 11.0. The molecule has 1 aromatic heterocycles. The molecular weight excluding hydrogens is 294 g/mol. The molecule has 1 aromatic carbocycles. The molecule has 9 nitrogen and oxygen atoms in total. The zero-order valence-electron chi connectivity index (χ0n) is 10.9. The molecule has 0 amide bonds. The minimum atomic E-state index is -1.28. The van der Waals surface area contributed by atoms with Crippen molar-refractivity contribution in [3.05, 3.63) is 57.8 Å². The van der Waals surface area contributed by atoms with E-state index in [0.29, 0.717) is 0 Å². The first-order chi connectivity index (χ1) is 10.4. The molecule has 0 saturated heterocycles. The first-order valence-corrected chi connectivity index (χ1v) is 5.86.